The second kappa shape index (κ2) is 4.96. The van der Waals surface area contributed by atoms with E-state index in [0.717, 1.165) is 17.5 Å². The van der Waals surface area contributed by atoms with Crippen LogP contribution < -0.4 is 0 Å². The van der Waals surface area contributed by atoms with E-state index in [2.05, 4.69) is 19.9 Å². The van der Waals surface area contributed by atoms with Crippen LogP contribution >= 0.6 is 0 Å². The number of ketones is 1. The van der Waals surface area contributed by atoms with Crippen molar-refractivity contribution in [3.05, 3.63) is 70.8 Å². The number of fused-ring (bicyclic) bond motifs is 1. The van der Waals surface area contributed by atoms with E-state index >= 15 is 0 Å². The van der Waals surface area contributed by atoms with Crippen LogP contribution in [0.2, 0.25) is 0 Å². The van der Waals surface area contributed by atoms with Crippen LogP contribution in [0.1, 0.15) is 40.9 Å². The molecule has 0 fully saturated rings. The first-order chi connectivity index (χ1) is 9.96. The average molecular weight is 277 g/mol. The molecule has 21 heavy (non-hydrogen) atoms. The third kappa shape index (κ3) is 2.66. The number of rotatable bonds is 2. The number of aryl methyl sites for hydroxylation is 1. The molecular weight excluding hydrogens is 258 g/mol. The van der Waals surface area contributed by atoms with Gasteiger partial charge in [-0.25, -0.2) is 0 Å². The average Bonchev–Trinajstić information content (AvgIpc) is 2.45. The van der Waals surface area contributed by atoms with E-state index in [1.165, 1.54) is 5.56 Å². The number of hydrogen-bond donors (Lipinski definition) is 0. The monoisotopic (exact) mass is 277 g/mol. The fourth-order valence-corrected chi connectivity index (χ4v) is 2.79. The van der Waals surface area contributed by atoms with Crippen molar-refractivity contribution < 1.29 is 4.79 Å². The highest BCUT2D eigenvalue weighted by Crippen LogP contribution is 2.28. The number of hydrogen-bond acceptors (Lipinski definition) is 2. The SMILES string of the molecule is Cc1ccc(C(=O)C2=NC(C)(C)Cc3ccccc32)cc1. The molecular formula is C19H19NO. The van der Waals surface area contributed by atoms with Gasteiger partial charge in [0.2, 0.25) is 5.78 Å². The van der Waals surface area contributed by atoms with Gasteiger partial charge in [-0.05, 0) is 32.8 Å². The molecule has 0 atom stereocenters. The Morgan fingerprint density at radius 3 is 2.43 bits per heavy atom. The van der Waals surface area contributed by atoms with Crippen LogP contribution in [-0.2, 0) is 6.42 Å². The topological polar surface area (TPSA) is 29.4 Å². The molecule has 3 rings (SSSR count). The van der Waals surface area contributed by atoms with Crippen molar-refractivity contribution in [3.63, 3.8) is 0 Å². The number of benzene rings is 2. The van der Waals surface area contributed by atoms with Gasteiger partial charge in [0.05, 0.1) is 5.54 Å². The Hall–Kier alpha value is -2.22. The van der Waals surface area contributed by atoms with E-state index in [-0.39, 0.29) is 11.3 Å². The first-order valence-electron chi connectivity index (χ1n) is 7.26. The van der Waals surface area contributed by atoms with E-state index in [1.54, 1.807) is 0 Å². The van der Waals surface area contributed by atoms with Gasteiger partial charge in [-0.1, -0.05) is 54.1 Å². The summed E-state index contributed by atoms with van der Waals surface area (Å²) in [4.78, 5) is 17.6. The van der Waals surface area contributed by atoms with Crippen molar-refractivity contribution in [2.45, 2.75) is 32.7 Å². The minimum Gasteiger partial charge on any atom is -0.287 e. The fourth-order valence-electron chi connectivity index (χ4n) is 2.79. The zero-order valence-corrected chi connectivity index (χ0v) is 12.7. The second-order valence-corrected chi connectivity index (χ2v) is 6.30. The Labute approximate surface area is 125 Å². The van der Waals surface area contributed by atoms with Gasteiger partial charge in [0.25, 0.3) is 0 Å². The van der Waals surface area contributed by atoms with Gasteiger partial charge in [-0.3, -0.25) is 9.79 Å². The molecule has 0 aromatic heterocycles. The molecule has 0 aliphatic carbocycles. The van der Waals surface area contributed by atoms with E-state index < -0.39 is 0 Å². The maximum atomic E-state index is 12.8. The Morgan fingerprint density at radius 1 is 1.05 bits per heavy atom. The lowest BCUT2D eigenvalue weighted by Crippen LogP contribution is -2.32. The normalized spacial score (nSPS) is 16.0. The number of Topliss-reactive ketones (excluding diaryl/α,β-unsaturated/α-hetero) is 1. The smallest absolute Gasteiger partial charge is 0.211 e. The summed E-state index contributed by atoms with van der Waals surface area (Å²) in [6.45, 7) is 6.17. The lowest BCUT2D eigenvalue weighted by Gasteiger charge is -2.28. The van der Waals surface area contributed by atoms with Crippen LogP contribution in [0.25, 0.3) is 0 Å². The van der Waals surface area contributed by atoms with Gasteiger partial charge in [0, 0.05) is 11.1 Å². The highest BCUT2D eigenvalue weighted by molar-refractivity contribution is 6.52. The Morgan fingerprint density at radius 2 is 1.71 bits per heavy atom. The molecule has 2 aromatic rings. The molecule has 2 heteroatoms. The van der Waals surface area contributed by atoms with Gasteiger partial charge < -0.3 is 0 Å². The Bertz CT molecular complexity index is 723. The van der Waals surface area contributed by atoms with E-state index in [1.807, 2.05) is 49.4 Å². The molecule has 0 unspecified atom stereocenters. The summed E-state index contributed by atoms with van der Waals surface area (Å²) >= 11 is 0. The van der Waals surface area contributed by atoms with Gasteiger partial charge >= 0.3 is 0 Å². The number of carbonyl (C=O) groups is 1. The van der Waals surface area contributed by atoms with E-state index in [4.69, 9.17) is 4.99 Å². The third-order valence-corrected chi connectivity index (χ3v) is 3.84. The molecule has 1 heterocycles. The zero-order valence-electron chi connectivity index (χ0n) is 12.7. The number of nitrogens with zero attached hydrogens (tertiary/aromatic N) is 1. The molecule has 106 valence electrons. The van der Waals surface area contributed by atoms with Crippen molar-refractivity contribution in [1.29, 1.82) is 0 Å². The number of aliphatic imine (C=N–C) groups is 1. The lowest BCUT2D eigenvalue weighted by atomic mass is 9.85. The van der Waals surface area contributed by atoms with Crippen LogP contribution in [0, 0.1) is 6.92 Å². The highest BCUT2D eigenvalue weighted by atomic mass is 16.1. The molecule has 2 aromatic carbocycles. The second-order valence-electron chi connectivity index (χ2n) is 6.30. The van der Waals surface area contributed by atoms with Crippen molar-refractivity contribution >= 4 is 11.5 Å². The molecule has 2 nitrogen and oxygen atoms in total. The van der Waals surface area contributed by atoms with Gasteiger partial charge in [-0.15, -0.1) is 0 Å². The van der Waals surface area contributed by atoms with Crippen molar-refractivity contribution in [3.8, 4) is 0 Å². The molecule has 1 aliphatic heterocycles. The molecule has 0 spiro atoms. The largest absolute Gasteiger partial charge is 0.287 e. The molecule has 0 bridgehead atoms. The van der Waals surface area contributed by atoms with Crippen LogP contribution in [0.15, 0.2) is 53.5 Å². The third-order valence-electron chi connectivity index (χ3n) is 3.84. The molecule has 0 saturated carbocycles. The summed E-state index contributed by atoms with van der Waals surface area (Å²) in [6.07, 6.45) is 0.869. The van der Waals surface area contributed by atoms with Crippen LogP contribution in [-0.4, -0.2) is 17.0 Å². The van der Waals surface area contributed by atoms with Crippen LogP contribution in [0.3, 0.4) is 0 Å². The Kier molecular flexibility index (Phi) is 3.25. The van der Waals surface area contributed by atoms with Crippen molar-refractivity contribution in [1.82, 2.24) is 0 Å². The van der Waals surface area contributed by atoms with E-state index in [9.17, 15) is 4.79 Å². The summed E-state index contributed by atoms with van der Waals surface area (Å²) in [5.74, 6) is 0.00947. The standard InChI is InChI=1S/C19H19NO/c1-13-8-10-14(11-9-13)18(21)17-16-7-5-4-6-15(16)12-19(2,3)20-17/h4-11H,12H2,1-3H3. The van der Waals surface area contributed by atoms with E-state index in [0.29, 0.717) is 11.3 Å². The maximum Gasteiger partial charge on any atom is 0.211 e. The first-order valence-corrected chi connectivity index (χ1v) is 7.26. The summed E-state index contributed by atoms with van der Waals surface area (Å²) in [6, 6.07) is 15.8. The maximum absolute atomic E-state index is 12.8. The zero-order chi connectivity index (χ0) is 15.0. The molecule has 0 N–H and O–H groups in total. The van der Waals surface area contributed by atoms with Crippen LogP contribution in [0.5, 0.6) is 0 Å². The van der Waals surface area contributed by atoms with Crippen molar-refractivity contribution in [2.75, 3.05) is 0 Å². The molecule has 0 radical (unpaired) electrons. The summed E-state index contributed by atoms with van der Waals surface area (Å²) in [5, 5.41) is 0. The predicted molar refractivity (Wildman–Crippen MR) is 86.3 cm³/mol. The lowest BCUT2D eigenvalue weighted by molar-refractivity contribution is 0.106. The molecule has 0 amide bonds. The highest BCUT2D eigenvalue weighted by Gasteiger charge is 2.29. The fraction of sp³-hybridized carbons (Fsp3) is 0.263. The first kappa shape index (κ1) is 13.7. The molecule has 1 aliphatic rings. The van der Waals surface area contributed by atoms with Gasteiger partial charge in [0.1, 0.15) is 5.71 Å². The minimum absolute atomic E-state index is 0.00947. The minimum atomic E-state index is -0.232. The number of carbonyl (C=O) groups excluding carboxylic acids is 1. The van der Waals surface area contributed by atoms with Crippen LogP contribution in [0.4, 0.5) is 0 Å². The predicted octanol–water partition coefficient (Wildman–Crippen LogP) is 4.00. The quantitative estimate of drug-likeness (QED) is 0.763. The summed E-state index contributed by atoms with van der Waals surface area (Å²) in [7, 11) is 0. The van der Waals surface area contributed by atoms with Crippen molar-refractivity contribution in [2.24, 2.45) is 4.99 Å². The Balaban J connectivity index is 2.09. The summed E-state index contributed by atoms with van der Waals surface area (Å²) in [5.41, 5.74) is 4.38. The van der Waals surface area contributed by atoms with Gasteiger partial charge in [0.15, 0.2) is 0 Å². The van der Waals surface area contributed by atoms with Gasteiger partial charge in [-0.2, -0.15) is 0 Å². The summed E-state index contributed by atoms with van der Waals surface area (Å²) < 4.78 is 0. The molecule has 0 saturated heterocycles.